The number of methoxy groups -OCH3 is 1. The maximum absolute atomic E-state index is 14.7. The fourth-order valence-corrected chi connectivity index (χ4v) is 7.14. The van der Waals surface area contributed by atoms with Crippen LogP contribution in [0.3, 0.4) is 0 Å². The third-order valence-corrected chi connectivity index (χ3v) is 10.9. The number of ether oxygens (including phenoxy) is 2. The average molecular weight is 797 g/mol. The summed E-state index contributed by atoms with van der Waals surface area (Å²) in [5.74, 6) is -4.38. The van der Waals surface area contributed by atoms with E-state index in [0.717, 1.165) is 6.07 Å². The molecule has 3 aromatic carbocycles. The Balaban J connectivity index is 1.48. The van der Waals surface area contributed by atoms with Crippen molar-refractivity contribution in [3.05, 3.63) is 94.4 Å². The van der Waals surface area contributed by atoms with Gasteiger partial charge < -0.3 is 35.5 Å². The van der Waals surface area contributed by atoms with E-state index in [9.17, 15) is 41.8 Å². The molecule has 0 bridgehead atoms. The summed E-state index contributed by atoms with van der Waals surface area (Å²) in [4.78, 5) is 58.9. The van der Waals surface area contributed by atoms with Crippen LogP contribution in [0.15, 0.2) is 60.7 Å². The smallest absolute Gasteiger partial charge is 0.418 e. The first-order chi connectivity index (χ1) is 27.0. The molecule has 0 saturated carbocycles. The van der Waals surface area contributed by atoms with Crippen LogP contribution < -0.4 is 20.7 Å². The van der Waals surface area contributed by atoms with E-state index in [2.05, 4.69) is 20.9 Å². The lowest BCUT2D eigenvalue weighted by atomic mass is 9.78. The highest BCUT2D eigenvalue weighted by atomic mass is 19.4. The van der Waals surface area contributed by atoms with Gasteiger partial charge in [0.1, 0.15) is 30.0 Å². The standard InChI is InChI=1S/C42H48F4N4O7/c1-6-23(3)35(48-34(52)20-26-11-8-9-14-30(26)43)38(53)50-41(18-17-31-28(21-41)27-12-10-13-29(37(27)47-31)42(44,45)46)40(55)49-36(24(4)7-2)39(54)57-22-25-15-16-33(56-5)32(51)19-25/h8-16,19,23-24,35-36,47,51H,6-7,17-18,20-22H2,1-5H3,(H,48,52)(H,49,55)(H,50,53)/t23?,24?,35-,36?,41+/m0/s1. The number of phenols is 1. The number of benzene rings is 3. The summed E-state index contributed by atoms with van der Waals surface area (Å²) >= 11 is 0. The van der Waals surface area contributed by atoms with Crippen molar-refractivity contribution in [1.82, 2.24) is 20.9 Å². The number of nitrogens with one attached hydrogen (secondary N) is 4. The summed E-state index contributed by atoms with van der Waals surface area (Å²) < 4.78 is 67.4. The average Bonchev–Trinajstić information content (AvgIpc) is 3.55. The number of H-pyrrole nitrogens is 1. The van der Waals surface area contributed by atoms with Crippen LogP contribution in [0.1, 0.15) is 74.9 Å². The normalized spacial score (nSPS) is 17.4. The van der Waals surface area contributed by atoms with Crippen molar-refractivity contribution in [2.75, 3.05) is 7.11 Å². The number of carbonyl (C=O) groups excluding carboxylic acids is 4. The van der Waals surface area contributed by atoms with Crippen LogP contribution in [0.4, 0.5) is 17.6 Å². The van der Waals surface area contributed by atoms with Gasteiger partial charge in [-0.25, -0.2) is 9.18 Å². The number of phenolic OH excluding ortho intramolecular Hbond substituents is 1. The molecule has 5 atom stereocenters. The van der Waals surface area contributed by atoms with Crippen molar-refractivity contribution in [1.29, 1.82) is 0 Å². The van der Waals surface area contributed by atoms with E-state index in [1.54, 1.807) is 26.0 Å². The second kappa shape index (κ2) is 17.7. The van der Waals surface area contributed by atoms with Crippen LogP contribution in [0.5, 0.6) is 11.5 Å². The molecule has 3 amide bonds. The monoisotopic (exact) mass is 796 g/mol. The maximum Gasteiger partial charge on any atom is 0.418 e. The number of hydrogen-bond acceptors (Lipinski definition) is 7. The maximum atomic E-state index is 14.7. The molecule has 1 aliphatic carbocycles. The molecule has 306 valence electrons. The van der Waals surface area contributed by atoms with Gasteiger partial charge in [0.25, 0.3) is 0 Å². The largest absolute Gasteiger partial charge is 0.504 e. The highest BCUT2D eigenvalue weighted by Gasteiger charge is 2.47. The Morgan fingerprint density at radius 1 is 0.947 bits per heavy atom. The molecule has 1 aliphatic rings. The summed E-state index contributed by atoms with van der Waals surface area (Å²) in [5, 5.41) is 18.8. The number of esters is 1. The summed E-state index contributed by atoms with van der Waals surface area (Å²) in [5.41, 5.74) is -1.40. The van der Waals surface area contributed by atoms with Crippen molar-refractivity contribution >= 4 is 34.6 Å². The number of para-hydroxylation sites is 1. The molecule has 0 saturated heterocycles. The van der Waals surface area contributed by atoms with E-state index in [1.807, 2.05) is 13.8 Å². The van der Waals surface area contributed by atoms with Gasteiger partial charge >= 0.3 is 12.1 Å². The van der Waals surface area contributed by atoms with Crippen molar-refractivity contribution in [3.8, 4) is 11.5 Å². The van der Waals surface area contributed by atoms with Gasteiger partial charge in [-0.1, -0.05) is 76.9 Å². The number of aromatic amines is 1. The van der Waals surface area contributed by atoms with Gasteiger partial charge in [0, 0.05) is 17.5 Å². The molecule has 4 aromatic rings. The van der Waals surface area contributed by atoms with Crippen molar-refractivity contribution in [3.63, 3.8) is 0 Å². The summed E-state index contributed by atoms with van der Waals surface area (Å²) in [6, 6.07) is 11.6. The Morgan fingerprint density at radius 2 is 1.65 bits per heavy atom. The second-order valence-electron chi connectivity index (χ2n) is 14.7. The predicted molar refractivity (Wildman–Crippen MR) is 204 cm³/mol. The second-order valence-corrected chi connectivity index (χ2v) is 14.7. The molecular weight excluding hydrogens is 748 g/mol. The minimum Gasteiger partial charge on any atom is -0.504 e. The first kappa shape index (κ1) is 42.5. The van der Waals surface area contributed by atoms with Crippen LogP contribution in [0.2, 0.25) is 0 Å². The molecule has 5 N–H and O–H groups in total. The lowest BCUT2D eigenvalue weighted by molar-refractivity contribution is -0.151. The third-order valence-electron chi connectivity index (χ3n) is 10.9. The van der Waals surface area contributed by atoms with E-state index in [1.165, 1.54) is 49.6 Å². The summed E-state index contributed by atoms with van der Waals surface area (Å²) in [7, 11) is 1.39. The van der Waals surface area contributed by atoms with Gasteiger partial charge in [-0.2, -0.15) is 13.2 Å². The van der Waals surface area contributed by atoms with E-state index in [4.69, 9.17) is 9.47 Å². The Morgan fingerprint density at radius 3 is 2.30 bits per heavy atom. The number of alkyl halides is 3. The number of aromatic nitrogens is 1. The molecule has 15 heteroatoms. The summed E-state index contributed by atoms with van der Waals surface area (Å²) in [6.45, 7) is 6.84. The topological polar surface area (TPSA) is 159 Å². The highest BCUT2D eigenvalue weighted by Crippen LogP contribution is 2.40. The zero-order valence-corrected chi connectivity index (χ0v) is 32.4. The van der Waals surface area contributed by atoms with Crippen LogP contribution >= 0.6 is 0 Å². The first-order valence-electron chi connectivity index (χ1n) is 18.9. The SMILES string of the molecule is CCC(C)C(NC(=O)[C@@]1(NC(=O)[C@@H](NC(=O)Cc2ccccc2F)C(C)CC)CCc2[nH]c3c(C(F)(F)F)cccc3c2C1)C(=O)OCc1ccc(OC)c(O)c1. The van der Waals surface area contributed by atoms with E-state index < -0.39 is 70.7 Å². The van der Waals surface area contributed by atoms with Crippen LogP contribution in [0, 0.1) is 17.7 Å². The molecule has 0 fully saturated rings. The van der Waals surface area contributed by atoms with E-state index in [0.29, 0.717) is 29.7 Å². The molecule has 0 aliphatic heterocycles. The molecule has 3 unspecified atom stereocenters. The lowest BCUT2D eigenvalue weighted by Gasteiger charge is -2.39. The Bertz CT molecular complexity index is 2120. The Hall–Kier alpha value is -5.60. The number of hydrogen-bond donors (Lipinski definition) is 5. The minimum absolute atomic E-state index is 0.0576. The molecule has 11 nitrogen and oxygen atoms in total. The minimum atomic E-state index is -4.67. The summed E-state index contributed by atoms with van der Waals surface area (Å²) in [6.07, 6.45) is -4.43. The van der Waals surface area contributed by atoms with Gasteiger partial charge in [0.15, 0.2) is 11.5 Å². The number of carbonyl (C=O) groups is 4. The van der Waals surface area contributed by atoms with E-state index in [-0.39, 0.29) is 60.3 Å². The lowest BCUT2D eigenvalue weighted by Crippen LogP contribution is -2.66. The van der Waals surface area contributed by atoms with Crippen LogP contribution in [-0.4, -0.2) is 58.5 Å². The van der Waals surface area contributed by atoms with Crippen molar-refractivity contribution in [2.24, 2.45) is 11.8 Å². The van der Waals surface area contributed by atoms with Crippen LogP contribution in [-0.2, 0) is 56.0 Å². The number of halogens is 4. The van der Waals surface area contributed by atoms with Gasteiger partial charge in [0.05, 0.1) is 24.6 Å². The van der Waals surface area contributed by atoms with Gasteiger partial charge in [-0.15, -0.1) is 0 Å². The predicted octanol–water partition coefficient (Wildman–Crippen LogP) is 6.43. The molecule has 0 spiro atoms. The number of rotatable bonds is 15. The number of aromatic hydroxyl groups is 1. The number of fused-ring (bicyclic) bond motifs is 3. The molecule has 57 heavy (non-hydrogen) atoms. The Kier molecular flexibility index (Phi) is 13.2. The van der Waals surface area contributed by atoms with Gasteiger partial charge in [0.2, 0.25) is 17.7 Å². The fraction of sp³-hybridized carbons (Fsp3) is 0.429. The molecule has 0 radical (unpaired) electrons. The van der Waals surface area contributed by atoms with Crippen molar-refractivity contribution < 1.29 is 51.3 Å². The molecule has 1 heterocycles. The molecular formula is C42H48F4N4O7. The van der Waals surface area contributed by atoms with Gasteiger partial charge in [-0.3, -0.25) is 14.4 Å². The quantitative estimate of drug-likeness (QED) is 0.0685. The molecule has 5 rings (SSSR count). The third kappa shape index (κ3) is 9.51. The van der Waals surface area contributed by atoms with Crippen LogP contribution in [0.25, 0.3) is 10.9 Å². The van der Waals surface area contributed by atoms with Crippen molar-refractivity contribution in [2.45, 2.75) is 96.6 Å². The first-order valence-corrected chi connectivity index (χ1v) is 18.9. The number of aryl methyl sites for hydroxylation is 1. The van der Waals surface area contributed by atoms with Gasteiger partial charge in [-0.05, 0) is 65.6 Å². The fourth-order valence-electron chi connectivity index (χ4n) is 7.14. The molecule has 1 aromatic heterocycles. The zero-order chi connectivity index (χ0) is 41.7. The van der Waals surface area contributed by atoms with E-state index >= 15 is 0 Å². The Labute approximate surface area is 327 Å². The zero-order valence-electron chi connectivity index (χ0n) is 32.4. The highest BCUT2D eigenvalue weighted by molar-refractivity contribution is 5.98. The number of amides is 3.